The highest BCUT2D eigenvalue weighted by Gasteiger charge is 2.28. The first kappa shape index (κ1) is 19.3. The smallest absolute Gasteiger partial charge is 0.317 e. The van der Waals surface area contributed by atoms with Crippen LogP contribution in [0.5, 0.6) is 5.75 Å². The van der Waals surface area contributed by atoms with Gasteiger partial charge in [-0.3, -0.25) is 4.90 Å². The van der Waals surface area contributed by atoms with E-state index in [-0.39, 0.29) is 12.1 Å². The predicted octanol–water partition coefficient (Wildman–Crippen LogP) is 2.04. The summed E-state index contributed by atoms with van der Waals surface area (Å²) in [6, 6.07) is 8.12. The first-order chi connectivity index (χ1) is 12.8. The number of benzene rings is 1. The average Bonchev–Trinajstić information content (AvgIpc) is 2.93. The Labute approximate surface area is 160 Å². The van der Waals surface area contributed by atoms with Crippen LogP contribution in [0.3, 0.4) is 0 Å². The SMILES string of the molecule is COc1ccc(CNC(=O)N2CCCSCC2CN2CCOCC2)cc1. The third kappa shape index (κ3) is 5.53. The van der Waals surface area contributed by atoms with Crippen LogP contribution in [-0.4, -0.2) is 79.9 Å². The zero-order chi connectivity index (χ0) is 18.2. The summed E-state index contributed by atoms with van der Waals surface area (Å²) in [6.45, 7) is 5.82. The van der Waals surface area contributed by atoms with Crippen LogP contribution in [0.2, 0.25) is 0 Å². The second-order valence-electron chi connectivity index (χ2n) is 6.70. The van der Waals surface area contributed by atoms with Crippen molar-refractivity contribution in [2.75, 3.05) is 58.0 Å². The van der Waals surface area contributed by atoms with Crippen molar-refractivity contribution in [2.45, 2.75) is 19.0 Å². The number of rotatable bonds is 5. The van der Waals surface area contributed by atoms with Gasteiger partial charge in [-0.1, -0.05) is 12.1 Å². The average molecular weight is 380 g/mol. The van der Waals surface area contributed by atoms with Gasteiger partial charge in [0, 0.05) is 38.5 Å². The lowest BCUT2D eigenvalue weighted by molar-refractivity contribution is 0.0283. The Morgan fingerprint density at radius 3 is 2.77 bits per heavy atom. The topological polar surface area (TPSA) is 54.0 Å². The van der Waals surface area contributed by atoms with Crippen molar-refractivity contribution in [3.63, 3.8) is 0 Å². The van der Waals surface area contributed by atoms with Crippen molar-refractivity contribution in [2.24, 2.45) is 0 Å². The zero-order valence-corrected chi connectivity index (χ0v) is 16.3. The number of carbonyl (C=O) groups is 1. The first-order valence-electron chi connectivity index (χ1n) is 9.31. The maximum absolute atomic E-state index is 12.8. The largest absolute Gasteiger partial charge is 0.497 e. The third-order valence-electron chi connectivity index (χ3n) is 4.88. The van der Waals surface area contributed by atoms with E-state index in [1.807, 2.05) is 40.9 Å². The summed E-state index contributed by atoms with van der Waals surface area (Å²) in [7, 11) is 1.66. The quantitative estimate of drug-likeness (QED) is 0.849. The van der Waals surface area contributed by atoms with E-state index in [2.05, 4.69) is 10.2 Å². The number of nitrogens with one attached hydrogen (secondary N) is 1. The van der Waals surface area contributed by atoms with E-state index >= 15 is 0 Å². The molecule has 2 aliphatic heterocycles. The van der Waals surface area contributed by atoms with Crippen LogP contribution in [0.25, 0.3) is 0 Å². The Bertz CT molecular complexity index is 564. The van der Waals surface area contributed by atoms with E-state index < -0.39 is 0 Å². The monoisotopic (exact) mass is 379 g/mol. The molecule has 2 saturated heterocycles. The molecule has 2 amide bonds. The van der Waals surface area contributed by atoms with E-state index in [0.717, 1.165) is 68.6 Å². The first-order valence-corrected chi connectivity index (χ1v) is 10.5. The number of hydrogen-bond acceptors (Lipinski definition) is 5. The van der Waals surface area contributed by atoms with Crippen molar-refractivity contribution in [1.29, 1.82) is 0 Å². The second kappa shape index (κ2) is 10.0. The van der Waals surface area contributed by atoms with Gasteiger partial charge in [0.25, 0.3) is 0 Å². The maximum atomic E-state index is 12.8. The Morgan fingerprint density at radius 1 is 1.27 bits per heavy atom. The molecule has 0 aliphatic carbocycles. The molecule has 1 atom stereocenters. The predicted molar refractivity (Wildman–Crippen MR) is 105 cm³/mol. The number of nitrogens with zero attached hydrogens (tertiary/aromatic N) is 2. The molecule has 2 aliphatic rings. The Balaban J connectivity index is 1.56. The summed E-state index contributed by atoms with van der Waals surface area (Å²) in [4.78, 5) is 17.3. The van der Waals surface area contributed by atoms with Gasteiger partial charge in [-0.05, 0) is 29.9 Å². The molecular weight excluding hydrogens is 350 g/mol. The molecule has 2 heterocycles. The molecular formula is C19H29N3O3S. The number of methoxy groups -OCH3 is 1. The minimum Gasteiger partial charge on any atom is -0.497 e. The van der Waals surface area contributed by atoms with Gasteiger partial charge in [0.15, 0.2) is 0 Å². The Hall–Kier alpha value is -1.44. The molecule has 0 saturated carbocycles. The summed E-state index contributed by atoms with van der Waals surface area (Å²) in [6.07, 6.45) is 1.06. The van der Waals surface area contributed by atoms with Crippen molar-refractivity contribution in [3.05, 3.63) is 29.8 Å². The molecule has 1 N–H and O–H groups in total. The highest BCUT2D eigenvalue weighted by molar-refractivity contribution is 7.99. The number of urea groups is 1. The van der Waals surface area contributed by atoms with Crippen LogP contribution in [0, 0.1) is 0 Å². The number of ether oxygens (including phenoxy) is 2. The fraction of sp³-hybridized carbons (Fsp3) is 0.632. The molecule has 6 nitrogen and oxygen atoms in total. The fourth-order valence-corrected chi connectivity index (χ4v) is 4.41. The van der Waals surface area contributed by atoms with Gasteiger partial charge < -0.3 is 19.7 Å². The lowest BCUT2D eigenvalue weighted by Crippen LogP contribution is -2.52. The second-order valence-corrected chi connectivity index (χ2v) is 7.85. The van der Waals surface area contributed by atoms with Crippen LogP contribution >= 0.6 is 11.8 Å². The normalized spacial score (nSPS) is 21.9. The van der Waals surface area contributed by atoms with Gasteiger partial charge in [0.2, 0.25) is 0 Å². The fourth-order valence-electron chi connectivity index (χ4n) is 3.35. The van der Waals surface area contributed by atoms with E-state index in [1.54, 1.807) is 7.11 Å². The highest BCUT2D eigenvalue weighted by Crippen LogP contribution is 2.18. The minimum absolute atomic E-state index is 0.0431. The number of carbonyl (C=O) groups excluding carboxylic acids is 1. The summed E-state index contributed by atoms with van der Waals surface area (Å²) >= 11 is 1.96. The molecule has 144 valence electrons. The lowest BCUT2D eigenvalue weighted by Gasteiger charge is -2.35. The van der Waals surface area contributed by atoms with E-state index in [9.17, 15) is 4.79 Å². The van der Waals surface area contributed by atoms with Crippen LogP contribution in [0.1, 0.15) is 12.0 Å². The van der Waals surface area contributed by atoms with Crippen molar-refractivity contribution < 1.29 is 14.3 Å². The van der Waals surface area contributed by atoms with Gasteiger partial charge in [0.1, 0.15) is 5.75 Å². The molecule has 0 bridgehead atoms. The van der Waals surface area contributed by atoms with Gasteiger partial charge in [-0.15, -0.1) is 0 Å². The summed E-state index contributed by atoms with van der Waals surface area (Å²) < 4.78 is 10.6. The molecule has 0 aromatic heterocycles. The van der Waals surface area contributed by atoms with E-state index in [4.69, 9.17) is 9.47 Å². The standard InChI is InChI=1S/C19H29N3O3S/c1-24-18-5-3-16(4-6-18)13-20-19(23)22-7-2-12-26-15-17(22)14-21-8-10-25-11-9-21/h3-6,17H,2,7-15H2,1H3,(H,20,23). The Kier molecular flexibility index (Phi) is 7.46. The summed E-state index contributed by atoms with van der Waals surface area (Å²) in [5, 5.41) is 3.09. The van der Waals surface area contributed by atoms with Crippen molar-refractivity contribution in [1.82, 2.24) is 15.1 Å². The maximum Gasteiger partial charge on any atom is 0.317 e. The van der Waals surface area contributed by atoms with Gasteiger partial charge in [-0.25, -0.2) is 4.79 Å². The van der Waals surface area contributed by atoms with Crippen LogP contribution in [-0.2, 0) is 11.3 Å². The molecule has 1 aromatic rings. The molecule has 1 aromatic carbocycles. The third-order valence-corrected chi connectivity index (χ3v) is 6.07. The molecule has 26 heavy (non-hydrogen) atoms. The van der Waals surface area contributed by atoms with Crippen LogP contribution < -0.4 is 10.1 Å². The number of hydrogen-bond donors (Lipinski definition) is 1. The molecule has 1 unspecified atom stereocenters. The van der Waals surface area contributed by atoms with Gasteiger partial charge in [-0.2, -0.15) is 11.8 Å². The number of thioether (sulfide) groups is 1. The van der Waals surface area contributed by atoms with Crippen molar-refractivity contribution >= 4 is 17.8 Å². The zero-order valence-electron chi connectivity index (χ0n) is 15.5. The van der Waals surface area contributed by atoms with Crippen LogP contribution in [0.15, 0.2) is 24.3 Å². The van der Waals surface area contributed by atoms with Crippen LogP contribution in [0.4, 0.5) is 4.79 Å². The number of amides is 2. The summed E-state index contributed by atoms with van der Waals surface area (Å²) in [5.41, 5.74) is 1.08. The molecule has 0 spiro atoms. The molecule has 0 radical (unpaired) electrons. The van der Waals surface area contributed by atoms with Gasteiger partial charge >= 0.3 is 6.03 Å². The molecule has 2 fully saturated rings. The van der Waals surface area contributed by atoms with E-state index in [0.29, 0.717) is 6.54 Å². The lowest BCUT2D eigenvalue weighted by atomic mass is 10.2. The van der Waals surface area contributed by atoms with Gasteiger partial charge in [0.05, 0.1) is 26.4 Å². The summed E-state index contributed by atoms with van der Waals surface area (Å²) in [5.74, 6) is 2.96. The molecule has 7 heteroatoms. The van der Waals surface area contributed by atoms with Crippen molar-refractivity contribution in [3.8, 4) is 5.75 Å². The Morgan fingerprint density at radius 2 is 2.04 bits per heavy atom. The molecule has 3 rings (SSSR count). The minimum atomic E-state index is 0.0431. The number of morpholine rings is 1. The highest BCUT2D eigenvalue weighted by atomic mass is 32.2. The van der Waals surface area contributed by atoms with E-state index in [1.165, 1.54) is 0 Å².